The molecule has 7 heteroatoms. The summed E-state index contributed by atoms with van der Waals surface area (Å²) >= 11 is 6.40. The first-order chi connectivity index (χ1) is 17.6. The molecule has 180 valence electrons. The van der Waals surface area contributed by atoms with Gasteiger partial charge in [0.05, 0.1) is 57.5 Å². The number of para-hydroxylation sites is 2. The van der Waals surface area contributed by atoms with Crippen molar-refractivity contribution in [2.45, 2.75) is 37.8 Å². The van der Waals surface area contributed by atoms with Gasteiger partial charge in [0.15, 0.2) is 0 Å². The van der Waals surface area contributed by atoms with Gasteiger partial charge in [0.25, 0.3) is 0 Å². The number of rotatable bonds is 4. The lowest BCUT2D eigenvalue weighted by Crippen LogP contribution is -2.24. The number of fused-ring (bicyclic) bond motifs is 2. The lowest BCUT2D eigenvalue weighted by molar-refractivity contribution is 0.123. The lowest BCUT2D eigenvalue weighted by Gasteiger charge is -2.23. The van der Waals surface area contributed by atoms with E-state index in [1.807, 2.05) is 48.5 Å². The van der Waals surface area contributed by atoms with Crippen LogP contribution >= 0.6 is 11.6 Å². The smallest absolute Gasteiger partial charge is 0.0900 e. The van der Waals surface area contributed by atoms with Crippen molar-refractivity contribution in [2.75, 3.05) is 5.32 Å². The molecule has 1 fully saturated rings. The van der Waals surface area contributed by atoms with E-state index in [1.54, 1.807) is 12.4 Å². The number of benzene rings is 3. The maximum absolute atomic E-state index is 9.99. The van der Waals surface area contributed by atoms with Crippen molar-refractivity contribution in [2.24, 2.45) is 4.99 Å². The second kappa shape index (κ2) is 9.72. The highest BCUT2D eigenvalue weighted by Crippen LogP contribution is 2.31. The van der Waals surface area contributed by atoms with Crippen LogP contribution < -0.4 is 10.7 Å². The SMILES string of the molecule is O[C@H]1CC[C@H](/N=c2\cc3n(-c4cccc(Cl)c4)c4ccccc4nc-3cc2Nc2cccnc2)CC1. The average Bonchev–Trinajstić information content (AvgIpc) is 2.89. The summed E-state index contributed by atoms with van der Waals surface area (Å²) in [6.45, 7) is 0. The molecule has 3 aliphatic rings. The van der Waals surface area contributed by atoms with Crippen LogP contribution in [0.3, 0.4) is 0 Å². The second-order valence-corrected chi connectivity index (χ2v) is 9.67. The summed E-state index contributed by atoms with van der Waals surface area (Å²) in [7, 11) is 0. The number of nitrogens with zero attached hydrogens (tertiary/aromatic N) is 4. The summed E-state index contributed by atoms with van der Waals surface area (Å²) in [5.74, 6) is 0. The zero-order valence-corrected chi connectivity index (χ0v) is 20.4. The first-order valence-corrected chi connectivity index (χ1v) is 12.6. The molecule has 0 atom stereocenters. The number of aliphatic hydroxyl groups excluding tert-OH is 1. The third-order valence-corrected chi connectivity index (χ3v) is 6.93. The second-order valence-electron chi connectivity index (χ2n) is 9.23. The van der Waals surface area contributed by atoms with Gasteiger partial charge in [-0.1, -0.05) is 29.8 Å². The zero-order chi connectivity index (χ0) is 24.5. The normalized spacial score (nSPS) is 18.6. The largest absolute Gasteiger partial charge is 0.393 e. The van der Waals surface area contributed by atoms with Gasteiger partial charge >= 0.3 is 0 Å². The molecule has 2 N–H and O–H groups in total. The minimum absolute atomic E-state index is 0.160. The number of pyridine rings is 1. The molecule has 36 heavy (non-hydrogen) atoms. The Morgan fingerprint density at radius 2 is 1.81 bits per heavy atom. The first kappa shape index (κ1) is 22.7. The predicted octanol–water partition coefficient (Wildman–Crippen LogP) is 6.13. The molecular formula is C29H26ClN5O. The van der Waals surface area contributed by atoms with Crippen LogP contribution in [0.4, 0.5) is 11.4 Å². The molecule has 0 bridgehead atoms. The van der Waals surface area contributed by atoms with Crippen molar-refractivity contribution in [3.63, 3.8) is 0 Å². The average molecular weight is 496 g/mol. The lowest BCUT2D eigenvalue weighted by atomic mass is 9.93. The van der Waals surface area contributed by atoms with Crippen LogP contribution in [0.25, 0.3) is 28.1 Å². The van der Waals surface area contributed by atoms with E-state index < -0.39 is 0 Å². The highest BCUT2D eigenvalue weighted by atomic mass is 35.5. The maximum atomic E-state index is 9.99. The van der Waals surface area contributed by atoms with E-state index in [1.165, 1.54) is 0 Å². The minimum Gasteiger partial charge on any atom is -0.393 e. The Balaban J connectivity index is 1.61. The number of nitrogens with one attached hydrogen (secondary N) is 1. The molecule has 1 saturated carbocycles. The fourth-order valence-corrected chi connectivity index (χ4v) is 5.10. The third-order valence-electron chi connectivity index (χ3n) is 6.69. The van der Waals surface area contributed by atoms with Crippen molar-refractivity contribution >= 4 is 34.0 Å². The highest BCUT2D eigenvalue weighted by Gasteiger charge is 2.20. The van der Waals surface area contributed by atoms with Crippen LogP contribution in [0.2, 0.25) is 5.02 Å². The van der Waals surface area contributed by atoms with Crippen LogP contribution in [-0.4, -0.2) is 31.8 Å². The molecule has 6 rings (SSSR count). The van der Waals surface area contributed by atoms with Crippen LogP contribution in [-0.2, 0) is 0 Å². The summed E-state index contributed by atoms with van der Waals surface area (Å²) in [5, 5.41) is 15.0. The minimum atomic E-state index is -0.221. The van der Waals surface area contributed by atoms with Gasteiger partial charge < -0.3 is 15.0 Å². The molecule has 3 aromatic rings. The van der Waals surface area contributed by atoms with E-state index in [9.17, 15) is 5.11 Å². The molecule has 6 nitrogen and oxygen atoms in total. The molecule has 0 spiro atoms. The maximum Gasteiger partial charge on any atom is 0.0900 e. The van der Waals surface area contributed by atoms with Crippen molar-refractivity contribution in [1.82, 2.24) is 14.5 Å². The topological polar surface area (TPSA) is 75.3 Å². The van der Waals surface area contributed by atoms with Gasteiger partial charge in [0, 0.05) is 16.9 Å². The quantitative estimate of drug-likeness (QED) is 0.294. The summed E-state index contributed by atoms with van der Waals surface area (Å²) in [5.41, 5.74) is 6.40. The van der Waals surface area contributed by atoms with Crippen LogP contribution in [0.1, 0.15) is 25.7 Å². The monoisotopic (exact) mass is 495 g/mol. The van der Waals surface area contributed by atoms with Gasteiger partial charge in [-0.25, -0.2) is 4.98 Å². The molecule has 2 aliphatic carbocycles. The van der Waals surface area contributed by atoms with Gasteiger partial charge in [-0.05, 0) is 80.3 Å². The van der Waals surface area contributed by atoms with Gasteiger partial charge in [-0.2, -0.15) is 0 Å². The Morgan fingerprint density at radius 1 is 0.944 bits per heavy atom. The molecule has 2 heterocycles. The Morgan fingerprint density at radius 3 is 2.61 bits per heavy atom. The van der Waals surface area contributed by atoms with E-state index >= 15 is 0 Å². The highest BCUT2D eigenvalue weighted by molar-refractivity contribution is 6.30. The summed E-state index contributed by atoms with van der Waals surface area (Å²) < 4.78 is 2.20. The van der Waals surface area contributed by atoms with Gasteiger partial charge in [-0.15, -0.1) is 0 Å². The van der Waals surface area contributed by atoms with E-state index in [2.05, 4.69) is 39.1 Å². The number of hydrogen-bond acceptors (Lipinski definition) is 5. The molecule has 0 amide bonds. The Hall–Kier alpha value is -3.74. The fraction of sp³-hybridized carbons (Fsp3) is 0.207. The van der Waals surface area contributed by atoms with Crippen molar-refractivity contribution in [1.29, 1.82) is 0 Å². The van der Waals surface area contributed by atoms with Crippen molar-refractivity contribution < 1.29 is 5.11 Å². The number of hydrogen-bond donors (Lipinski definition) is 2. The third kappa shape index (κ3) is 4.57. The van der Waals surface area contributed by atoms with Gasteiger partial charge in [0.2, 0.25) is 0 Å². The molecule has 0 radical (unpaired) electrons. The molecule has 0 saturated heterocycles. The summed E-state index contributed by atoms with van der Waals surface area (Å²) in [6.07, 6.45) is 6.63. The van der Waals surface area contributed by atoms with Crippen molar-refractivity contribution in [3.05, 3.63) is 95.6 Å². The number of halogens is 1. The first-order valence-electron chi connectivity index (χ1n) is 12.2. The van der Waals surface area contributed by atoms with Gasteiger partial charge in [0.1, 0.15) is 0 Å². The Bertz CT molecular complexity index is 1560. The number of anilines is 2. The van der Waals surface area contributed by atoms with Crippen molar-refractivity contribution in [3.8, 4) is 17.1 Å². The van der Waals surface area contributed by atoms with Gasteiger partial charge in [-0.3, -0.25) is 9.98 Å². The standard InChI is InChI=1S/C29H26ClN5O/c30-19-5-3-7-22(15-19)35-28-9-2-1-8-24(28)34-27-16-25(33-21-6-4-14-31-18-21)26(17-29(27)35)32-20-10-12-23(36)13-11-20/h1-9,14-18,20,23,33,36H,10-13H2/b32-26+/t20-,23-. The fourth-order valence-electron chi connectivity index (χ4n) is 4.92. The Kier molecular flexibility index (Phi) is 6.13. The van der Waals surface area contributed by atoms with Crippen LogP contribution in [0, 0.1) is 0 Å². The molecule has 1 aliphatic heterocycles. The molecular weight excluding hydrogens is 470 g/mol. The summed E-state index contributed by atoms with van der Waals surface area (Å²) in [6, 6.07) is 24.2. The number of aromatic nitrogens is 3. The Labute approximate surface area is 214 Å². The van der Waals surface area contributed by atoms with E-state index in [4.69, 9.17) is 21.6 Å². The van der Waals surface area contributed by atoms with Crippen LogP contribution in [0.15, 0.2) is 90.2 Å². The summed E-state index contributed by atoms with van der Waals surface area (Å²) in [4.78, 5) is 14.4. The molecule has 2 aromatic carbocycles. The predicted molar refractivity (Wildman–Crippen MR) is 144 cm³/mol. The van der Waals surface area contributed by atoms with Crippen LogP contribution in [0.5, 0.6) is 0 Å². The van der Waals surface area contributed by atoms with E-state index in [0.29, 0.717) is 5.02 Å². The number of aliphatic hydroxyl groups is 1. The molecule has 0 unspecified atom stereocenters. The van der Waals surface area contributed by atoms with E-state index in [0.717, 1.165) is 70.5 Å². The zero-order valence-electron chi connectivity index (χ0n) is 19.7. The molecule has 1 aromatic heterocycles. The van der Waals surface area contributed by atoms with E-state index in [-0.39, 0.29) is 12.1 Å².